The quantitative estimate of drug-likeness (QED) is 0.195. The van der Waals surface area contributed by atoms with Crippen LogP contribution in [0.2, 0.25) is 0 Å². The van der Waals surface area contributed by atoms with Crippen LogP contribution in [0.1, 0.15) is 25.3 Å². The minimum absolute atomic E-state index is 0.107. The summed E-state index contributed by atoms with van der Waals surface area (Å²) in [6.45, 7) is 4.28. The normalized spacial score (nSPS) is 16.6. The Hall–Kier alpha value is -4.04. The van der Waals surface area contributed by atoms with E-state index in [9.17, 15) is 26.0 Å². The molecule has 1 aliphatic rings. The van der Waals surface area contributed by atoms with Gasteiger partial charge in [0.05, 0.1) is 28.6 Å². The number of hydrogen-bond donors (Lipinski definition) is 3. The number of anilines is 2. The van der Waals surface area contributed by atoms with E-state index < -0.39 is 39.4 Å². The predicted molar refractivity (Wildman–Crippen MR) is 156 cm³/mol. The predicted octanol–water partition coefficient (Wildman–Crippen LogP) is 6.04. The highest BCUT2D eigenvalue weighted by atomic mass is 32.2. The fourth-order valence-corrected chi connectivity index (χ4v) is 6.27. The van der Waals surface area contributed by atoms with Crippen LogP contribution in [-0.2, 0) is 10.0 Å². The SMILES string of the molecule is Cc1ccc2c(NS(=O)(=O)C[C@@H](C)C(F)(F)F)c(F)ccc2c1Oc1ncccc1-c1ccnc(N[C@H]2CCCNC2)n1. The van der Waals surface area contributed by atoms with Crippen molar-refractivity contribution >= 4 is 32.4 Å². The Morgan fingerprint density at radius 2 is 1.88 bits per heavy atom. The Bertz CT molecular complexity index is 1730. The van der Waals surface area contributed by atoms with Crippen LogP contribution in [0.3, 0.4) is 0 Å². The van der Waals surface area contributed by atoms with Crippen LogP contribution < -0.4 is 20.1 Å². The molecule has 0 radical (unpaired) electrons. The molecule has 0 amide bonds. The first-order chi connectivity index (χ1) is 20.4. The third kappa shape index (κ3) is 7.13. The number of pyridine rings is 1. The first kappa shape index (κ1) is 30.4. The Labute approximate surface area is 246 Å². The van der Waals surface area contributed by atoms with Crippen molar-refractivity contribution in [2.45, 2.75) is 38.9 Å². The summed E-state index contributed by atoms with van der Waals surface area (Å²) < 4.78 is 87.6. The molecule has 0 spiro atoms. The van der Waals surface area contributed by atoms with Gasteiger partial charge in [0, 0.05) is 35.8 Å². The van der Waals surface area contributed by atoms with Gasteiger partial charge in [0.15, 0.2) is 0 Å². The summed E-state index contributed by atoms with van der Waals surface area (Å²) in [5, 5.41) is 7.12. The highest BCUT2D eigenvalue weighted by Gasteiger charge is 2.39. The highest BCUT2D eigenvalue weighted by Crippen LogP contribution is 2.40. The van der Waals surface area contributed by atoms with Gasteiger partial charge in [-0.3, -0.25) is 4.72 Å². The average Bonchev–Trinajstić information content (AvgIpc) is 2.96. The number of nitrogens with one attached hydrogen (secondary N) is 3. The van der Waals surface area contributed by atoms with E-state index in [2.05, 4.69) is 25.6 Å². The number of alkyl halides is 3. The van der Waals surface area contributed by atoms with Gasteiger partial charge in [-0.1, -0.05) is 19.1 Å². The number of nitrogens with zero attached hydrogens (tertiary/aromatic N) is 3. The van der Waals surface area contributed by atoms with Gasteiger partial charge in [-0.05, 0) is 62.2 Å². The lowest BCUT2D eigenvalue weighted by molar-refractivity contribution is -0.163. The summed E-state index contributed by atoms with van der Waals surface area (Å²) in [5.41, 5.74) is 1.25. The number of piperidine rings is 1. The van der Waals surface area contributed by atoms with E-state index in [4.69, 9.17) is 4.74 Å². The van der Waals surface area contributed by atoms with Crippen molar-refractivity contribution in [1.82, 2.24) is 20.3 Å². The average molecular weight is 619 g/mol. The molecule has 3 N–H and O–H groups in total. The first-order valence-corrected chi connectivity index (χ1v) is 15.3. The zero-order valence-electron chi connectivity index (χ0n) is 23.4. The molecule has 43 heavy (non-hydrogen) atoms. The summed E-state index contributed by atoms with van der Waals surface area (Å²) >= 11 is 0. The maximum absolute atomic E-state index is 14.9. The van der Waals surface area contributed by atoms with E-state index in [-0.39, 0.29) is 23.1 Å². The molecule has 2 aromatic carbocycles. The van der Waals surface area contributed by atoms with Gasteiger partial charge in [-0.25, -0.2) is 27.8 Å². The van der Waals surface area contributed by atoms with Gasteiger partial charge < -0.3 is 15.4 Å². The van der Waals surface area contributed by atoms with Crippen molar-refractivity contribution in [2.24, 2.45) is 5.92 Å². The van der Waals surface area contributed by atoms with E-state index in [0.717, 1.165) is 38.9 Å². The van der Waals surface area contributed by atoms with Gasteiger partial charge in [0.25, 0.3) is 0 Å². The second-order valence-electron chi connectivity index (χ2n) is 10.5. The van der Waals surface area contributed by atoms with Crippen LogP contribution in [0.15, 0.2) is 54.9 Å². The van der Waals surface area contributed by atoms with Crippen LogP contribution in [0.5, 0.6) is 11.6 Å². The molecule has 1 saturated heterocycles. The molecule has 9 nitrogen and oxygen atoms in total. The van der Waals surface area contributed by atoms with Crippen LogP contribution in [0.25, 0.3) is 22.0 Å². The molecule has 228 valence electrons. The minimum atomic E-state index is -4.72. The van der Waals surface area contributed by atoms with E-state index in [1.165, 1.54) is 18.3 Å². The number of rotatable bonds is 9. The maximum Gasteiger partial charge on any atom is 0.392 e. The Morgan fingerprint density at radius 1 is 1.09 bits per heavy atom. The molecule has 0 unspecified atom stereocenters. The lowest BCUT2D eigenvalue weighted by Gasteiger charge is -2.23. The molecule has 0 aliphatic carbocycles. The number of fused-ring (bicyclic) bond motifs is 1. The summed E-state index contributed by atoms with van der Waals surface area (Å²) in [6.07, 6.45) is 0.471. The Balaban J connectivity index is 1.48. The largest absolute Gasteiger partial charge is 0.437 e. The molecular formula is C29H30F4N6O3S. The van der Waals surface area contributed by atoms with Gasteiger partial charge >= 0.3 is 6.18 Å². The van der Waals surface area contributed by atoms with Gasteiger partial charge in [0.1, 0.15) is 11.6 Å². The van der Waals surface area contributed by atoms with Crippen molar-refractivity contribution < 1.29 is 30.7 Å². The van der Waals surface area contributed by atoms with Crippen molar-refractivity contribution in [3.8, 4) is 22.9 Å². The zero-order chi connectivity index (χ0) is 30.8. The molecule has 1 aliphatic heterocycles. The van der Waals surface area contributed by atoms with Crippen LogP contribution in [0.4, 0.5) is 29.2 Å². The molecule has 5 rings (SSSR count). The molecule has 2 aromatic heterocycles. The number of ether oxygens (including phenoxy) is 1. The molecular weight excluding hydrogens is 588 g/mol. The fraction of sp³-hybridized carbons (Fsp3) is 0.345. The number of benzene rings is 2. The van der Waals surface area contributed by atoms with Crippen molar-refractivity contribution in [3.63, 3.8) is 0 Å². The fourth-order valence-electron chi connectivity index (χ4n) is 4.82. The summed E-state index contributed by atoms with van der Waals surface area (Å²) in [7, 11) is -4.56. The number of aromatic nitrogens is 3. The van der Waals surface area contributed by atoms with Crippen LogP contribution in [-0.4, -0.2) is 54.4 Å². The molecule has 0 saturated carbocycles. The van der Waals surface area contributed by atoms with Crippen LogP contribution in [0, 0.1) is 18.7 Å². The third-order valence-corrected chi connectivity index (χ3v) is 8.57. The number of aryl methyl sites for hydroxylation is 1. The molecule has 14 heteroatoms. The molecule has 0 bridgehead atoms. The monoisotopic (exact) mass is 618 g/mol. The summed E-state index contributed by atoms with van der Waals surface area (Å²) in [4.78, 5) is 13.4. The van der Waals surface area contributed by atoms with E-state index in [0.29, 0.717) is 28.2 Å². The standard InChI is InChI=1S/C29H30F4N6O3S/c1-17-7-8-20-21(9-10-23(30)25(20)39-43(40,41)16-18(2)29(31,32)33)26(17)42-27-22(6-4-13-35-27)24-11-14-36-28(38-24)37-19-5-3-12-34-15-19/h4,6-11,13-14,18-19,34,39H,3,5,12,15-16H2,1-2H3,(H,36,37,38)/t18-,19+/m1/s1. The first-order valence-electron chi connectivity index (χ1n) is 13.6. The number of hydrogen-bond acceptors (Lipinski definition) is 8. The Morgan fingerprint density at radius 3 is 2.63 bits per heavy atom. The van der Waals surface area contributed by atoms with Gasteiger partial charge in [-0.15, -0.1) is 0 Å². The lowest BCUT2D eigenvalue weighted by atomic mass is 10.0. The maximum atomic E-state index is 14.9. The van der Waals surface area contributed by atoms with Crippen molar-refractivity contribution in [3.05, 3.63) is 66.2 Å². The molecule has 2 atom stereocenters. The minimum Gasteiger partial charge on any atom is -0.437 e. The Kier molecular flexibility index (Phi) is 8.69. The third-order valence-electron chi connectivity index (χ3n) is 7.11. The lowest BCUT2D eigenvalue weighted by Crippen LogP contribution is -2.38. The topological polar surface area (TPSA) is 118 Å². The second-order valence-corrected chi connectivity index (χ2v) is 12.2. The van der Waals surface area contributed by atoms with Gasteiger partial charge in [0.2, 0.25) is 21.9 Å². The van der Waals surface area contributed by atoms with E-state index in [1.807, 2.05) is 4.72 Å². The second kappa shape index (κ2) is 12.3. The zero-order valence-corrected chi connectivity index (χ0v) is 24.2. The number of sulfonamides is 1. The van der Waals surface area contributed by atoms with Crippen molar-refractivity contribution in [2.75, 3.05) is 28.9 Å². The summed E-state index contributed by atoms with van der Waals surface area (Å²) in [5.74, 6) is -3.45. The van der Waals surface area contributed by atoms with Crippen LogP contribution >= 0.6 is 0 Å². The van der Waals surface area contributed by atoms with E-state index >= 15 is 0 Å². The molecule has 4 aromatic rings. The van der Waals surface area contributed by atoms with Crippen molar-refractivity contribution in [1.29, 1.82) is 0 Å². The highest BCUT2D eigenvalue weighted by molar-refractivity contribution is 7.92. The number of halogens is 4. The van der Waals surface area contributed by atoms with E-state index in [1.54, 1.807) is 37.4 Å². The molecule has 1 fully saturated rings. The smallest absolute Gasteiger partial charge is 0.392 e. The summed E-state index contributed by atoms with van der Waals surface area (Å²) in [6, 6.07) is 10.9. The van der Waals surface area contributed by atoms with Gasteiger partial charge in [-0.2, -0.15) is 13.2 Å². The molecule has 3 heterocycles.